The molecule has 1 amide bonds. The molecule has 25 heavy (non-hydrogen) atoms. The lowest BCUT2D eigenvalue weighted by molar-refractivity contribution is 0.0423. The van der Waals surface area contributed by atoms with Crippen LogP contribution in [-0.2, 0) is 4.74 Å². The third-order valence-corrected chi connectivity index (χ3v) is 5.20. The summed E-state index contributed by atoms with van der Waals surface area (Å²) in [4.78, 5) is 14.8. The molecule has 0 spiro atoms. The number of nitrogens with zero attached hydrogens (tertiary/aromatic N) is 1. The van der Waals surface area contributed by atoms with Crippen LogP contribution < -0.4 is 5.32 Å². The number of carbonyl (C=O) groups is 1. The van der Waals surface area contributed by atoms with Gasteiger partial charge in [0.15, 0.2) is 0 Å². The summed E-state index contributed by atoms with van der Waals surface area (Å²) in [5.74, 6) is -0.450. The summed E-state index contributed by atoms with van der Waals surface area (Å²) in [7, 11) is 0. The van der Waals surface area contributed by atoms with Crippen molar-refractivity contribution < 1.29 is 13.9 Å². The smallest absolute Gasteiger partial charge is 0.257 e. The van der Waals surface area contributed by atoms with Crippen LogP contribution >= 0.6 is 15.9 Å². The Hall–Kier alpha value is -1.92. The van der Waals surface area contributed by atoms with Crippen molar-refractivity contribution in [3.8, 4) is 0 Å². The van der Waals surface area contributed by atoms with Crippen molar-refractivity contribution in [3.63, 3.8) is 0 Å². The highest BCUT2D eigenvalue weighted by molar-refractivity contribution is 9.10. The number of nitrogens with one attached hydrogen (secondary N) is 1. The number of hydrogen-bond donors (Lipinski definition) is 1. The first-order valence-corrected chi connectivity index (χ1v) is 9.16. The number of fused-ring (bicyclic) bond motifs is 1. The van der Waals surface area contributed by atoms with Crippen LogP contribution in [0, 0.1) is 5.82 Å². The molecular weight excluding hydrogens is 387 g/mol. The van der Waals surface area contributed by atoms with Gasteiger partial charge >= 0.3 is 0 Å². The lowest BCUT2D eigenvalue weighted by atomic mass is 10.0. The Bertz CT molecular complexity index is 808. The minimum atomic E-state index is -0.556. The molecule has 2 heterocycles. The average Bonchev–Trinajstić information content (AvgIpc) is 3.11. The molecule has 4 rings (SSSR count). The zero-order valence-electron chi connectivity index (χ0n) is 13.5. The van der Waals surface area contributed by atoms with Gasteiger partial charge in [0, 0.05) is 28.9 Å². The summed E-state index contributed by atoms with van der Waals surface area (Å²) < 4.78 is 21.0. The Morgan fingerprint density at radius 2 is 2.12 bits per heavy atom. The van der Waals surface area contributed by atoms with Gasteiger partial charge in [0.2, 0.25) is 0 Å². The van der Waals surface area contributed by atoms with Gasteiger partial charge in [-0.1, -0.05) is 34.1 Å². The molecule has 0 aliphatic carbocycles. The standard InChI is InChI=1S/C19H18BrFN2O2/c20-12-7-8-14(16(21)10-12)18-22-17-6-2-1-5-15(17)19(24)23(18)11-13-4-3-9-25-13/h1-2,5-8,10,13,18,22H,3-4,9,11H2/t13-,18+/m1/s1. The highest BCUT2D eigenvalue weighted by Gasteiger charge is 2.36. The highest BCUT2D eigenvalue weighted by Crippen LogP contribution is 2.35. The second kappa shape index (κ2) is 6.77. The van der Waals surface area contributed by atoms with E-state index in [4.69, 9.17) is 4.74 Å². The maximum absolute atomic E-state index is 14.6. The monoisotopic (exact) mass is 404 g/mol. The SMILES string of the molecule is O=C1c2ccccc2N[C@H](c2ccc(Br)cc2F)N1C[C@H]1CCCO1. The van der Waals surface area contributed by atoms with E-state index in [9.17, 15) is 9.18 Å². The number of halogens is 2. The van der Waals surface area contributed by atoms with Crippen LogP contribution in [0.1, 0.15) is 34.9 Å². The van der Waals surface area contributed by atoms with Crippen molar-refractivity contribution in [1.29, 1.82) is 0 Å². The number of carbonyl (C=O) groups excluding carboxylic acids is 1. The maximum Gasteiger partial charge on any atom is 0.257 e. The molecule has 0 unspecified atom stereocenters. The van der Waals surface area contributed by atoms with Gasteiger partial charge in [-0.2, -0.15) is 0 Å². The van der Waals surface area contributed by atoms with Crippen LogP contribution in [0.15, 0.2) is 46.9 Å². The number of benzene rings is 2. The summed E-state index contributed by atoms with van der Waals surface area (Å²) in [5.41, 5.74) is 1.78. The van der Waals surface area contributed by atoms with Crippen LogP contribution in [0.25, 0.3) is 0 Å². The minimum absolute atomic E-state index is 0.00276. The maximum atomic E-state index is 14.6. The molecule has 0 bridgehead atoms. The summed E-state index contributed by atoms with van der Waals surface area (Å²) in [5, 5.41) is 3.32. The van der Waals surface area contributed by atoms with E-state index in [0.717, 1.165) is 18.5 Å². The molecule has 2 aliphatic heterocycles. The fourth-order valence-corrected chi connectivity index (χ4v) is 3.79. The Morgan fingerprint density at radius 3 is 2.88 bits per heavy atom. The predicted octanol–water partition coefficient (Wildman–Crippen LogP) is 4.33. The summed E-state index contributed by atoms with van der Waals surface area (Å²) in [6.07, 6.45) is 1.35. The molecule has 2 aromatic rings. The van der Waals surface area contributed by atoms with E-state index in [0.29, 0.717) is 28.8 Å². The zero-order chi connectivity index (χ0) is 17.4. The van der Waals surface area contributed by atoms with Crippen molar-refractivity contribution in [2.24, 2.45) is 0 Å². The molecule has 1 N–H and O–H groups in total. The number of hydrogen-bond acceptors (Lipinski definition) is 3. The second-order valence-electron chi connectivity index (χ2n) is 6.35. The number of ether oxygens (including phenoxy) is 1. The predicted molar refractivity (Wildman–Crippen MR) is 96.9 cm³/mol. The fraction of sp³-hybridized carbons (Fsp3) is 0.316. The Kier molecular flexibility index (Phi) is 4.48. The van der Waals surface area contributed by atoms with Gasteiger partial charge in [0.05, 0.1) is 11.7 Å². The van der Waals surface area contributed by atoms with Gasteiger partial charge in [-0.25, -0.2) is 4.39 Å². The molecule has 0 saturated carbocycles. The first kappa shape index (κ1) is 16.5. The van der Waals surface area contributed by atoms with Gasteiger partial charge in [0.1, 0.15) is 12.0 Å². The summed E-state index contributed by atoms with van der Waals surface area (Å²) >= 11 is 3.28. The van der Waals surface area contributed by atoms with Gasteiger partial charge in [-0.3, -0.25) is 4.79 Å². The van der Waals surface area contributed by atoms with Gasteiger partial charge in [0.25, 0.3) is 5.91 Å². The highest BCUT2D eigenvalue weighted by atomic mass is 79.9. The Balaban J connectivity index is 1.74. The van der Waals surface area contributed by atoms with E-state index in [1.165, 1.54) is 6.07 Å². The van der Waals surface area contributed by atoms with E-state index < -0.39 is 6.17 Å². The van der Waals surface area contributed by atoms with Crippen LogP contribution in [0.5, 0.6) is 0 Å². The molecule has 2 atom stereocenters. The van der Waals surface area contributed by atoms with E-state index in [1.807, 2.05) is 18.2 Å². The van der Waals surface area contributed by atoms with Gasteiger partial charge in [-0.15, -0.1) is 0 Å². The third-order valence-electron chi connectivity index (χ3n) is 4.70. The molecule has 2 aromatic carbocycles. The lowest BCUT2D eigenvalue weighted by Gasteiger charge is -2.39. The summed E-state index contributed by atoms with van der Waals surface area (Å²) in [6.45, 7) is 1.16. The molecule has 0 aromatic heterocycles. The number of para-hydroxylation sites is 1. The van der Waals surface area contributed by atoms with Crippen molar-refractivity contribution in [2.75, 3.05) is 18.5 Å². The average molecular weight is 405 g/mol. The first-order chi connectivity index (χ1) is 12.1. The molecule has 1 fully saturated rings. The third kappa shape index (κ3) is 3.16. The van der Waals surface area contributed by atoms with E-state index in [1.54, 1.807) is 23.1 Å². The van der Waals surface area contributed by atoms with Crippen LogP contribution in [0.4, 0.5) is 10.1 Å². The molecule has 6 heteroatoms. The van der Waals surface area contributed by atoms with E-state index in [-0.39, 0.29) is 17.8 Å². The Labute approximate surface area is 154 Å². The van der Waals surface area contributed by atoms with E-state index >= 15 is 0 Å². The number of amides is 1. The second-order valence-corrected chi connectivity index (χ2v) is 7.27. The van der Waals surface area contributed by atoms with Gasteiger partial charge < -0.3 is 15.0 Å². The molecule has 1 saturated heterocycles. The van der Waals surface area contributed by atoms with Crippen molar-refractivity contribution in [3.05, 3.63) is 63.9 Å². The van der Waals surface area contributed by atoms with Gasteiger partial charge in [-0.05, 0) is 37.1 Å². The topological polar surface area (TPSA) is 41.6 Å². The number of anilines is 1. The molecular formula is C19H18BrFN2O2. The lowest BCUT2D eigenvalue weighted by Crippen LogP contribution is -2.46. The first-order valence-electron chi connectivity index (χ1n) is 8.36. The number of rotatable bonds is 3. The van der Waals surface area contributed by atoms with Crippen LogP contribution in [-0.4, -0.2) is 30.1 Å². The van der Waals surface area contributed by atoms with E-state index in [2.05, 4.69) is 21.2 Å². The molecule has 0 radical (unpaired) electrons. The quantitative estimate of drug-likeness (QED) is 0.827. The zero-order valence-corrected chi connectivity index (χ0v) is 15.1. The Morgan fingerprint density at radius 1 is 1.28 bits per heavy atom. The molecule has 130 valence electrons. The van der Waals surface area contributed by atoms with Crippen LogP contribution in [0.2, 0.25) is 0 Å². The largest absolute Gasteiger partial charge is 0.376 e. The molecule has 2 aliphatic rings. The summed E-state index contributed by atoms with van der Waals surface area (Å²) in [6, 6.07) is 12.3. The fourth-order valence-electron chi connectivity index (χ4n) is 3.46. The van der Waals surface area contributed by atoms with Crippen molar-refractivity contribution >= 4 is 27.5 Å². The molecule has 4 nitrogen and oxygen atoms in total. The normalized spacial score (nSPS) is 22.6. The van der Waals surface area contributed by atoms with Crippen molar-refractivity contribution in [1.82, 2.24) is 4.90 Å². The van der Waals surface area contributed by atoms with Crippen molar-refractivity contribution in [2.45, 2.75) is 25.1 Å². The van der Waals surface area contributed by atoms with Crippen LogP contribution in [0.3, 0.4) is 0 Å². The minimum Gasteiger partial charge on any atom is -0.376 e.